The molecule has 1 aromatic carbocycles. The molecule has 0 radical (unpaired) electrons. The third-order valence-corrected chi connectivity index (χ3v) is 6.64. The lowest BCUT2D eigenvalue weighted by Gasteiger charge is -2.27. The molecular formula is C26H36ClN5O2. The van der Waals surface area contributed by atoms with Crippen LogP contribution in [0.1, 0.15) is 67.6 Å². The van der Waals surface area contributed by atoms with Gasteiger partial charge in [0.05, 0.1) is 17.9 Å². The molecule has 0 bridgehead atoms. The molecule has 3 N–H and O–H groups in total. The molecule has 1 aliphatic rings. The molecule has 7 nitrogen and oxygen atoms in total. The van der Waals surface area contributed by atoms with Gasteiger partial charge in [0.25, 0.3) is 5.91 Å². The highest BCUT2D eigenvalue weighted by Gasteiger charge is 2.28. The predicted molar refractivity (Wildman–Crippen MR) is 137 cm³/mol. The Labute approximate surface area is 207 Å². The SMILES string of the molecule is CCC(C1=NNC(C)C1)N(C)C(=O)c1ccc(C[C@H](CC)NC[C@H](O)c2ccc(Cl)nc2)cc1. The van der Waals surface area contributed by atoms with E-state index in [1.807, 2.05) is 31.3 Å². The number of aliphatic hydroxyl groups excluding tert-OH is 1. The average Bonchev–Trinajstić information content (AvgIpc) is 3.28. The number of nitrogens with one attached hydrogen (secondary N) is 2. The number of halogens is 1. The molecule has 1 amide bonds. The zero-order chi connectivity index (χ0) is 24.7. The largest absolute Gasteiger partial charge is 0.387 e. The first kappa shape index (κ1) is 26.1. The van der Waals surface area contributed by atoms with Crippen molar-refractivity contribution in [2.45, 2.75) is 70.7 Å². The van der Waals surface area contributed by atoms with E-state index in [0.717, 1.165) is 42.5 Å². The molecule has 2 unspecified atom stereocenters. The molecule has 1 aliphatic heterocycles. The van der Waals surface area contributed by atoms with Crippen molar-refractivity contribution in [3.63, 3.8) is 0 Å². The number of hydrogen-bond acceptors (Lipinski definition) is 6. The summed E-state index contributed by atoms with van der Waals surface area (Å²) in [7, 11) is 1.86. The maximum atomic E-state index is 13.1. The van der Waals surface area contributed by atoms with Crippen LogP contribution in [0.2, 0.25) is 5.15 Å². The highest BCUT2D eigenvalue weighted by molar-refractivity contribution is 6.29. The smallest absolute Gasteiger partial charge is 0.254 e. The van der Waals surface area contributed by atoms with Crippen LogP contribution in [-0.2, 0) is 6.42 Å². The molecule has 3 rings (SSSR count). The molecule has 0 saturated heterocycles. The maximum Gasteiger partial charge on any atom is 0.254 e. The van der Waals surface area contributed by atoms with Crippen LogP contribution in [-0.4, -0.2) is 58.3 Å². The fourth-order valence-corrected chi connectivity index (χ4v) is 4.41. The van der Waals surface area contributed by atoms with Crippen molar-refractivity contribution in [2.75, 3.05) is 13.6 Å². The summed E-state index contributed by atoms with van der Waals surface area (Å²) in [6.45, 7) is 6.73. The molecular weight excluding hydrogens is 450 g/mol. The lowest BCUT2D eigenvalue weighted by molar-refractivity contribution is 0.0767. The van der Waals surface area contributed by atoms with Crippen LogP contribution >= 0.6 is 11.6 Å². The zero-order valence-corrected chi connectivity index (χ0v) is 21.2. The van der Waals surface area contributed by atoms with Crippen LogP contribution in [0.15, 0.2) is 47.7 Å². The van der Waals surface area contributed by atoms with Crippen LogP contribution < -0.4 is 10.7 Å². The molecule has 0 aliphatic carbocycles. The second kappa shape index (κ2) is 12.3. The molecule has 8 heteroatoms. The Morgan fingerprint density at radius 1 is 1.24 bits per heavy atom. The Bertz CT molecular complexity index is 964. The van der Waals surface area contributed by atoms with Crippen molar-refractivity contribution in [3.05, 3.63) is 64.4 Å². The fraction of sp³-hybridized carbons (Fsp3) is 0.500. The van der Waals surface area contributed by atoms with Crippen LogP contribution in [0.4, 0.5) is 0 Å². The minimum Gasteiger partial charge on any atom is -0.387 e. The van der Waals surface area contributed by atoms with Crippen molar-refractivity contribution in [2.24, 2.45) is 5.10 Å². The van der Waals surface area contributed by atoms with Gasteiger partial charge in [0.15, 0.2) is 0 Å². The van der Waals surface area contributed by atoms with Gasteiger partial charge in [-0.05, 0) is 49.9 Å². The number of hydrogen-bond donors (Lipinski definition) is 3. The van der Waals surface area contributed by atoms with Crippen LogP contribution in [0.25, 0.3) is 0 Å². The summed E-state index contributed by atoms with van der Waals surface area (Å²) in [5.41, 5.74) is 6.69. The molecule has 0 saturated carbocycles. The van der Waals surface area contributed by atoms with Crippen molar-refractivity contribution in [1.29, 1.82) is 0 Å². The molecule has 0 spiro atoms. The number of amides is 1. The van der Waals surface area contributed by atoms with Crippen molar-refractivity contribution >= 4 is 23.2 Å². The molecule has 184 valence electrons. The number of aliphatic hydroxyl groups is 1. The van der Waals surface area contributed by atoms with Crippen LogP contribution in [0, 0.1) is 0 Å². The Morgan fingerprint density at radius 3 is 2.53 bits per heavy atom. The Hall–Kier alpha value is -2.48. The van der Waals surface area contributed by atoms with E-state index in [2.05, 4.69) is 41.6 Å². The number of carbonyl (C=O) groups excluding carboxylic acids is 1. The standard InChI is InChI=1S/C26H36ClN5O2/c1-5-21(28-16-24(33)20-11-12-25(27)29-15-20)14-18-7-9-19(10-8-18)26(34)32(4)23(6-2)22-13-17(3)30-31-22/h7-12,15,17,21,23-24,28,30,33H,5-6,13-14,16H2,1-4H3/t17?,21-,23?,24-/m0/s1. The minimum absolute atomic E-state index is 0.000524. The van der Waals surface area contributed by atoms with E-state index < -0.39 is 6.10 Å². The van der Waals surface area contributed by atoms with Gasteiger partial charge in [0.2, 0.25) is 0 Å². The lowest BCUT2D eigenvalue weighted by atomic mass is 10.00. The first-order valence-corrected chi connectivity index (χ1v) is 12.4. The Kier molecular flexibility index (Phi) is 9.45. The fourth-order valence-electron chi connectivity index (χ4n) is 4.30. The van der Waals surface area contributed by atoms with Gasteiger partial charge in [0, 0.05) is 49.4 Å². The predicted octanol–water partition coefficient (Wildman–Crippen LogP) is 3.97. The summed E-state index contributed by atoms with van der Waals surface area (Å²) in [4.78, 5) is 18.9. The summed E-state index contributed by atoms with van der Waals surface area (Å²) in [6.07, 6.45) is 4.37. The van der Waals surface area contributed by atoms with Gasteiger partial charge >= 0.3 is 0 Å². The second-order valence-corrected chi connectivity index (χ2v) is 9.41. The lowest BCUT2D eigenvalue weighted by Crippen LogP contribution is -2.41. The average molecular weight is 486 g/mol. The summed E-state index contributed by atoms with van der Waals surface area (Å²) in [6, 6.07) is 11.8. The van der Waals surface area contributed by atoms with E-state index in [0.29, 0.717) is 23.3 Å². The van der Waals surface area contributed by atoms with E-state index in [9.17, 15) is 9.90 Å². The number of pyridine rings is 1. The van der Waals surface area contributed by atoms with Gasteiger partial charge in [-0.25, -0.2) is 4.98 Å². The normalized spacial score (nSPS) is 18.1. The summed E-state index contributed by atoms with van der Waals surface area (Å²) in [5.74, 6) is 0.00511. The number of rotatable bonds is 11. The summed E-state index contributed by atoms with van der Waals surface area (Å²) >= 11 is 5.82. The van der Waals surface area contributed by atoms with Gasteiger partial charge < -0.3 is 20.7 Å². The van der Waals surface area contributed by atoms with Crippen LogP contribution in [0.3, 0.4) is 0 Å². The highest BCUT2D eigenvalue weighted by atomic mass is 35.5. The van der Waals surface area contributed by atoms with E-state index in [-0.39, 0.29) is 18.0 Å². The van der Waals surface area contributed by atoms with Crippen molar-refractivity contribution in [1.82, 2.24) is 20.6 Å². The molecule has 1 aromatic heterocycles. The van der Waals surface area contributed by atoms with E-state index in [1.165, 1.54) is 0 Å². The maximum absolute atomic E-state index is 13.1. The van der Waals surface area contributed by atoms with Crippen LogP contribution in [0.5, 0.6) is 0 Å². The number of carbonyl (C=O) groups is 1. The molecule has 2 aromatic rings. The summed E-state index contributed by atoms with van der Waals surface area (Å²) in [5, 5.41) is 18.7. The quantitative estimate of drug-likeness (QED) is 0.419. The van der Waals surface area contributed by atoms with Gasteiger partial charge in [-0.3, -0.25) is 4.79 Å². The molecule has 4 atom stereocenters. The second-order valence-electron chi connectivity index (χ2n) is 9.02. The zero-order valence-electron chi connectivity index (χ0n) is 20.5. The van der Waals surface area contributed by atoms with Gasteiger partial charge in [-0.1, -0.05) is 43.6 Å². The summed E-state index contributed by atoms with van der Waals surface area (Å²) < 4.78 is 0. The van der Waals surface area contributed by atoms with Gasteiger partial charge in [0.1, 0.15) is 5.15 Å². The number of nitrogens with zero attached hydrogens (tertiary/aromatic N) is 3. The topological polar surface area (TPSA) is 89.9 Å². The minimum atomic E-state index is -0.650. The molecule has 0 fully saturated rings. The molecule has 34 heavy (non-hydrogen) atoms. The van der Waals surface area contributed by atoms with Crippen molar-refractivity contribution < 1.29 is 9.90 Å². The Morgan fingerprint density at radius 2 is 1.97 bits per heavy atom. The Balaban J connectivity index is 1.56. The third kappa shape index (κ3) is 6.78. The monoisotopic (exact) mass is 485 g/mol. The first-order valence-electron chi connectivity index (χ1n) is 12.0. The van der Waals surface area contributed by atoms with Gasteiger partial charge in [-0.15, -0.1) is 0 Å². The van der Waals surface area contributed by atoms with E-state index in [1.54, 1.807) is 23.2 Å². The van der Waals surface area contributed by atoms with Gasteiger partial charge in [-0.2, -0.15) is 5.10 Å². The number of hydrazone groups is 1. The molecule has 2 heterocycles. The number of aromatic nitrogens is 1. The third-order valence-electron chi connectivity index (χ3n) is 6.41. The highest BCUT2D eigenvalue weighted by Crippen LogP contribution is 2.18. The van der Waals surface area contributed by atoms with E-state index >= 15 is 0 Å². The van der Waals surface area contributed by atoms with Crippen molar-refractivity contribution in [3.8, 4) is 0 Å². The first-order chi connectivity index (χ1) is 16.3. The number of benzene rings is 1. The van der Waals surface area contributed by atoms with E-state index in [4.69, 9.17) is 11.6 Å².